The Bertz CT molecular complexity index is 649. The maximum absolute atomic E-state index is 12.1. The van der Waals surface area contributed by atoms with E-state index in [0.717, 1.165) is 45.1 Å². The molecule has 0 spiro atoms. The van der Waals surface area contributed by atoms with Crippen LogP contribution in [-0.2, 0) is 4.79 Å². The van der Waals surface area contributed by atoms with Gasteiger partial charge in [0, 0.05) is 57.4 Å². The van der Waals surface area contributed by atoms with Crippen molar-refractivity contribution in [1.29, 1.82) is 0 Å². The van der Waals surface area contributed by atoms with Gasteiger partial charge in [-0.25, -0.2) is 0 Å². The third kappa shape index (κ3) is 7.14. The van der Waals surface area contributed by atoms with Gasteiger partial charge in [0.15, 0.2) is 5.96 Å². The molecule has 158 valence electrons. The highest BCUT2D eigenvalue weighted by molar-refractivity contribution is 14.0. The molecule has 28 heavy (non-hydrogen) atoms. The smallest absolute Gasteiger partial charge is 0.225 e. The lowest BCUT2D eigenvalue weighted by molar-refractivity contribution is -0.133. The summed E-state index contributed by atoms with van der Waals surface area (Å²) in [7, 11) is 1.79. The lowest BCUT2D eigenvalue weighted by Gasteiger charge is -2.25. The van der Waals surface area contributed by atoms with Gasteiger partial charge in [0.2, 0.25) is 5.91 Å². The topological polar surface area (TPSA) is 60.0 Å². The predicted octanol–water partition coefficient (Wildman–Crippen LogP) is 2.86. The first kappa shape index (κ1) is 24.5. The Balaban J connectivity index is 0.00000392. The highest BCUT2D eigenvalue weighted by Crippen LogP contribution is 2.15. The molecule has 1 aliphatic rings. The summed E-state index contributed by atoms with van der Waals surface area (Å²) >= 11 is 0. The van der Waals surface area contributed by atoms with Crippen LogP contribution in [0.3, 0.4) is 0 Å². The number of carbonyl (C=O) groups is 1. The van der Waals surface area contributed by atoms with E-state index < -0.39 is 0 Å². The van der Waals surface area contributed by atoms with E-state index in [1.165, 1.54) is 11.3 Å². The molecule has 0 aromatic heterocycles. The van der Waals surface area contributed by atoms with E-state index in [2.05, 4.69) is 58.6 Å². The van der Waals surface area contributed by atoms with Gasteiger partial charge in [-0.3, -0.25) is 9.79 Å². The zero-order valence-corrected chi connectivity index (χ0v) is 20.2. The molecule has 0 aliphatic carbocycles. The number of likely N-dealkylation sites (N-methyl/N-ethyl adjacent to an activating group) is 1. The molecule has 1 unspecified atom stereocenters. The molecule has 1 aliphatic heterocycles. The van der Waals surface area contributed by atoms with Gasteiger partial charge in [0.1, 0.15) is 0 Å². The van der Waals surface area contributed by atoms with Crippen LogP contribution in [0.4, 0.5) is 5.69 Å². The first-order valence-electron chi connectivity index (χ1n) is 10.0. The number of aryl methyl sites for hydroxylation is 1. The molecule has 0 saturated carbocycles. The normalized spacial score (nSPS) is 16.7. The molecule has 1 aromatic rings. The van der Waals surface area contributed by atoms with Gasteiger partial charge in [-0.05, 0) is 38.0 Å². The Morgan fingerprint density at radius 1 is 1.39 bits per heavy atom. The van der Waals surface area contributed by atoms with Crippen LogP contribution < -0.4 is 15.5 Å². The van der Waals surface area contributed by atoms with Crippen molar-refractivity contribution in [2.45, 2.75) is 40.2 Å². The van der Waals surface area contributed by atoms with E-state index in [4.69, 9.17) is 0 Å². The summed E-state index contributed by atoms with van der Waals surface area (Å²) in [6, 6.07) is 8.86. The number of likely N-dealkylation sites (tertiary alicyclic amines) is 1. The van der Waals surface area contributed by atoms with Crippen molar-refractivity contribution in [3.8, 4) is 0 Å². The number of guanidine groups is 1. The van der Waals surface area contributed by atoms with E-state index in [0.29, 0.717) is 0 Å². The predicted molar refractivity (Wildman–Crippen MR) is 129 cm³/mol. The highest BCUT2D eigenvalue weighted by Gasteiger charge is 2.27. The van der Waals surface area contributed by atoms with E-state index in [-0.39, 0.29) is 41.8 Å². The first-order chi connectivity index (χ1) is 12.9. The number of hydrogen-bond acceptors (Lipinski definition) is 3. The number of nitrogens with one attached hydrogen (secondary N) is 2. The largest absolute Gasteiger partial charge is 0.370 e. The number of rotatable bonds is 7. The number of halogens is 1. The van der Waals surface area contributed by atoms with Gasteiger partial charge in [-0.15, -0.1) is 24.0 Å². The Kier molecular flexibility index (Phi) is 10.6. The molecule has 1 heterocycles. The van der Waals surface area contributed by atoms with Crippen molar-refractivity contribution in [1.82, 2.24) is 15.5 Å². The van der Waals surface area contributed by atoms with Gasteiger partial charge in [-0.2, -0.15) is 0 Å². The number of carbonyl (C=O) groups excluding carboxylic acids is 1. The average Bonchev–Trinajstić information content (AvgIpc) is 3.11. The molecule has 2 rings (SSSR count). The fraction of sp³-hybridized carbons (Fsp3) is 0.619. The maximum atomic E-state index is 12.1. The lowest BCUT2D eigenvalue weighted by atomic mass is 10.2. The van der Waals surface area contributed by atoms with E-state index in [1.807, 2.05) is 18.7 Å². The number of amides is 1. The SMILES string of the molecule is CCN(CCNC(=NC)NC1CCN(C(=O)C(C)C)C1)c1cccc(C)c1.I. The van der Waals surface area contributed by atoms with E-state index in [1.54, 1.807) is 7.05 Å². The molecule has 0 radical (unpaired) electrons. The summed E-state index contributed by atoms with van der Waals surface area (Å²) < 4.78 is 0. The van der Waals surface area contributed by atoms with Gasteiger partial charge in [0.05, 0.1) is 0 Å². The fourth-order valence-electron chi connectivity index (χ4n) is 3.44. The third-order valence-electron chi connectivity index (χ3n) is 4.98. The zero-order chi connectivity index (χ0) is 19.8. The van der Waals surface area contributed by atoms with Crippen molar-refractivity contribution < 1.29 is 4.79 Å². The van der Waals surface area contributed by atoms with Crippen molar-refractivity contribution in [2.75, 3.05) is 44.7 Å². The molecule has 0 bridgehead atoms. The van der Waals surface area contributed by atoms with Crippen molar-refractivity contribution in [2.24, 2.45) is 10.9 Å². The van der Waals surface area contributed by atoms with Crippen LogP contribution in [-0.4, -0.2) is 62.6 Å². The molecule has 2 N–H and O–H groups in total. The molecular formula is C21H36IN5O. The van der Waals surface area contributed by atoms with Crippen LogP contribution >= 0.6 is 24.0 Å². The number of nitrogens with zero attached hydrogens (tertiary/aromatic N) is 3. The van der Waals surface area contributed by atoms with Crippen LogP contribution in [0.25, 0.3) is 0 Å². The summed E-state index contributed by atoms with van der Waals surface area (Å²) in [5.41, 5.74) is 2.53. The van der Waals surface area contributed by atoms with Crippen LogP contribution in [0.2, 0.25) is 0 Å². The molecule has 7 heteroatoms. The van der Waals surface area contributed by atoms with E-state index in [9.17, 15) is 4.79 Å². The van der Waals surface area contributed by atoms with Crippen LogP contribution in [0, 0.1) is 12.8 Å². The van der Waals surface area contributed by atoms with Crippen LogP contribution in [0.1, 0.15) is 32.8 Å². The lowest BCUT2D eigenvalue weighted by Crippen LogP contribution is -2.47. The van der Waals surface area contributed by atoms with Crippen LogP contribution in [0.5, 0.6) is 0 Å². The Morgan fingerprint density at radius 3 is 2.75 bits per heavy atom. The molecule has 1 aromatic carbocycles. The fourth-order valence-corrected chi connectivity index (χ4v) is 3.44. The standard InChI is InChI=1S/C21H35N5O.HI/c1-6-25(19-9-7-8-17(4)14-19)13-11-23-21(22-5)24-18-10-12-26(15-18)20(27)16(2)3;/h7-9,14,16,18H,6,10-13,15H2,1-5H3,(H2,22,23,24);1H. The van der Waals surface area contributed by atoms with Crippen LogP contribution in [0.15, 0.2) is 29.3 Å². The summed E-state index contributed by atoms with van der Waals surface area (Å²) in [5.74, 6) is 1.10. The Morgan fingerprint density at radius 2 is 2.14 bits per heavy atom. The van der Waals surface area contributed by atoms with E-state index >= 15 is 0 Å². The highest BCUT2D eigenvalue weighted by atomic mass is 127. The van der Waals surface area contributed by atoms with Gasteiger partial charge >= 0.3 is 0 Å². The molecule has 1 saturated heterocycles. The van der Waals surface area contributed by atoms with Gasteiger partial charge < -0.3 is 20.4 Å². The minimum absolute atomic E-state index is 0. The quantitative estimate of drug-likeness (QED) is 0.343. The van der Waals surface area contributed by atoms with Crippen molar-refractivity contribution >= 4 is 41.5 Å². The summed E-state index contributed by atoms with van der Waals surface area (Å²) in [5, 5.41) is 6.86. The molecule has 1 fully saturated rings. The maximum Gasteiger partial charge on any atom is 0.225 e. The minimum atomic E-state index is 0. The summed E-state index contributed by atoms with van der Waals surface area (Å²) in [4.78, 5) is 20.8. The second-order valence-corrected chi connectivity index (χ2v) is 7.49. The molecule has 6 nitrogen and oxygen atoms in total. The second-order valence-electron chi connectivity index (χ2n) is 7.49. The van der Waals surface area contributed by atoms with Crippen molar-refractivity contribution in [3.63, 3.8) is 0 Å². The number of benzene rings is 1. The minimum Gasteiger partial charge on any atom is -0.370 e. The Labute approximate surface area is 187 Å². The summed E-state index contributed by atoms with van der Waals surface area (Å²) in [6.07, 6.45) is 0.962. The number of hydrogen-bond donors (Lipinski definition) is 2. The number of aliphatic imine (C=N–C) groups is 1. The Hall–Kier alpha value is -1.51. The number of anilines is 1. The molecule has 1 atom stereocenters. The van der Waals surface area contributed by atoms with Gasteiger partial charge in [-0.1, -0.05) is 26.0 Å². The third-order valence-corrected chi connectivity index (χ3v) is 4.98. The summed E-state index contributed by atoms with van der Waals surface area (Å²) in [6.45, 7) is 12.5. The zero-order valence-electron chi connectivity index (χ0n) is 17.9. The average molecular weight is 501 g/mol. The molecule has 1 amide bonds. The molecular weight excluding hydrogens is 465 g/mol. The van der Waals surface area contributed by atoms with Crippen molar-refractivity contribution in [3.05, 3.63) is 29.8 Å². The van der Waals surface area contributed by atoms with Gasteiger partial charge in [0.25, 0.3) is 0 Å². The monoisotopic (exact) mass is 501 g/mol. The second kappa shape index (κ2) is 12.1. The first-order valence-corrected chi connectivity index (χ1v) is 10.0.